The van der Waals surface area contributed by atoms with Crippen LogP contribution in [0.1, 0.15) is 0 Å². The van der Waals surface area contributed by atoms with E-state index in [9.17, 15) is 0 Å². The van der Waals surface area contributed by atoms with Crippen molar-refractivity contribution >= 4 is 56.7 Å². The summed E-state index contributed by atoms with van der Waals surface area (Å²) in [4.78, 5) is 0. The summed E-state index contributed by atoms with van der Waals surface area (Å²) in [6.07, 6.45) is 0. The molecule has 1 heterocycles. The van der Waals surface area contributed by atoms with Crippen molar-refractivity contribution in [3.05, 3.63) is 45.4 Å². The zero-order valence-electron chi connectivity index (χ0n) is 7.93. The zero-order valence-corrected chi connectivity index (χ0v) is 10.2. The molecule has 3 aromatic rings. The van der Waals surface area contributed by atoms with Crippen molar-refractivity contribution in [2.24, 2.45) is 0 Å². The van der Waals surface area contributed by atoms with Gasteiger partial charge in [0.05, 0.1) is 5.02 Å². The highest BCUT2D eigenvalue weighted by atomic mass is 35.5. The molecular weight excluding hydrogens is 266 g/mol. The van der Waals surface area contributed by atoms with E-state index in [2.05, 4.69) is 0 Å². The standard InChI is InChI=1S/C12H5Cl3O/c13-6-1-2-8-9-3-7(14)4-10(15)12(9)16-11(8)5-6/h1-5H. The van der Waals surface area contributed by atoms with E-state index in [4.69, 9.17) is 39.2 Å². The fourth-order valence-electron chi connectivity index (χ4n) is 1.78. The number of hydrogen-bond acceptors (Lipinski definition) is 1. The van der Waals surface area contributed by atoms with Gasteiger partial charge in [0.2, 0.25) is 0 Å². The van der Waals surface area contributed by atoms with Crippen LogP contribution in [-0.2, 0) is 0 Å². The Labute approximate surface area is 106 Å². The van der Waals surface area contributed by atoms with Crippen LogP contribution >= 0.6 is 34.8 Å². The Bertz CT molecular complexity index is 700. The van der Waals surface area contributed by atoms with Crippen LogP contribution in [0.25, 0.3) is 21.9 Å². The number of rotatable bonds is 0. The molecule has 0 fully saturated rings. The maximum absolute atomic E-state index is 6.06. The largest absolute Gasteiger partial charge is 0.454 e. The van der Waals surface area contributed by atoms with Crippen LogP contribution in [0, 0.1) is 0 Å². The first-order valence-electron chi connectivity index (χ1n) is 4.62. The summed E-state index contributed by atoms with van der Waals surface area (Å²) in [6.45, 7) is 0. The maximum atomic E-state index is 6.06. The topological polar surface area (TPSA) is 13.1 Å². The van der Waals surface area contributed by atoms with Crippen LogP contribution in [0.5, 0.6) is 0 Å². The van der Waals surface area contributed by atoms with Crippen molar-refractivity contribution in [1.29, 1.82) is 0 Å². The van der Waals surface area contributed by atoms with E-state index >= 15 is 0 Å². The molecule has 0 aliphatic heterocycles. The predicted octanol–water partition coefficient (Wildman–Crippen LogP) is 5.55. The minimum Gasteiger partial charge on any atom is -0.454 e. The lowest BCUT2D eigenvalue weighted by Gasteiger charge is -1.93. The molecule has 2 aromatic carbocycles. The van der Waals surface area contributed by atoms with Crippen LogP contribution in [0.2, 0.25) is 15.1 Å². The molecule has 0 saturated carbocycles. The average molecular weight is 272 g/mol. The lowest BCUT2D eigenvalue weighted by atomic mass is 10.1. The monoisotopic (exact) mass is 270 g/mol. The van der Waals surface area contributed by atoms with Gasteiger partial charge in [0.25, 0.3) is 0 Å². The van der Waals surface area contributed by atoms with E-state index in [1.165, 1.54) is 0 Å². The van der Waals surface area contributed by atoms with Gasteiger partial charge in [0.15, 0.2) is 5.58 Å². The van der Waals surface area contributed by atoms with Crippen LogP contribution in [-0.4, -0.2) is 0 Å². The van der Waals surface area contributed by atoms with Gasteiger partial charge in [-0.3, -0.25) is 0 Å². The molecule has 0 N–H and O–H groups in total. The molecule has 3 rings (SSSR count). The first-order valence-corrected chi connectivity index (χ1v) is 5.75. The Kier molecular flexibility index (Phi) is 2.28. The third kappa shape index (κ3) is 1.47. The number of benzene rings is 2. The highest BCUT2D eigenvalue weighted by molar-refractivity contribution is 6.39. The molecule has 0 aliphatic carbocycles. The third-order valence-corrected chi connectivity index (χ3v) is 3.19. The van der Waals surface area contributed by atoms with Crippen molar-refractivity contribution < 1.29 is 4.42 Å². The van der Waals surface area contributed by atoms with E-state index in [1.807, 2.05) is 18.2 Å². The van der Waals surface area contributed by atoms with Gasteiger partial charge in [-0.2, -0.15) is 0 Å². The van der Waals surface area contributed by atoms with Crippen molar-refractivity contribution in [2.75, 3.05) is 0 Å². The highest BCUT2D eigenvalue weighted by Gasteiger charge is 2.11. The molecule has 16 heavy (non-hydrogen) atoms. The molecule has 0 radical (unpaired) electrons. The molecule has 0 atom stereocenters. The van der Waals surface area contributed by atoms with Gasteiger partial charge in [-0.1, -0.05) is 34.8 Å². The van der Waals surface area contributed by atoms with Crippen molar-refractivity contribution in [3.63, 3.8) is 0 Å². The molecule has 0 amide bonds. The Morgan fingerprint density at radius 1 is 0.812 bits per heavy atom. The minimum atomic E-state index is 0.509. The summed E-state index contributed by atoms with van der Waals surface area (Å²) in [7, 11) is 0. The zero-order chi connectivity index (χ0) is 11.3. The van der Waals surface area contributed by atoms with E-state index < -0.39 is 0 Å². The second-order valence-electron chi connectivity index (χ2n) is 3.51. The van der Waals surface area contributed by atoms with Crippen molar-refractivity contribution in [3.8, 4) is 0 Å². The van der Waals surface area contributed by atoms with Gasteiger partial charge < -0.3 is 4.42 Å². The average Bonchev–Trinajstić information content (AvgIpc) is 2.56. The van der Waals surface area contributed by atoms with E-state index in [1.54, 1.807) is 12.1 Å². The number of halogens is 3. The number of fused-ring (bicyclic) bond motifs is 3. The van der Waals surface area contributed by atoms with Gasteiger partial charge >= 0.3 is 0 Å². The molecule has 0 unspecified atom stereocenters. The van der Waals surface area contributed by atoms with Crippen LogP contribution in [0.3, 0.4) is 0 Å². The van der Waals surface area contributed by atoms with Gasteiger partial charge in [0.1, 0.15) is 5.58 Å². The maximum Gasteiger partial charge on any atom is 0.154 e. The highest BCUT2D eigenvalue weighted by Crippen LogP contribution is 2.36. The van der Waals surface area contributed by atoms with Gasteiger partial charge in [-0.15, -0.1) is 0 Å². The van der Waals surface area contributed by atoms with Gasteiger partial charge in [-0.25, -0.2) is 0 Å². The molecule has 0 aliphatic rings. The minimum absolute atomic E-state index is 0.509. The summed E-state index contributed by atoms with van der Waals surface area (Å²) in [5.41, 5.74) is 1.36. The van der Waals surface area contributed by atoms with Crippen LogP contribution < -0.4 is 0 Å². The fraction of sp³-hybridized carbons (Fsp3) is 0. The van der Waals surface area contributed by atoms with E-state index in [0.29, 0.717) is 26.2 Å². The number of hydrogen-bond donors (Lipinski definition) is 0. The summed E-state index contributed by atoms with van der Waals surface area (Å²) in [6, 6.07) is 8.98. The summed E-state index contributed by atoms with van der Waals surface area (Å²) >= 11 is 17.9. The summed E-state index contributed by atoms with van der Waals surface area (Å²) < 4.78 is 5.64. The Morgan fingerprint density at radius 3 is 2.44 bits per heavy atom. The lowest BCUT2D eigenvalue weighted by Crippen LogP contribution is -1.69. The smallest absolute Gasteiger partial charge is 0.154 e. The molecule has 0 spiro atoms. The van der Waals surface area contributed by atoms with E-state index in [-0.39, 0.29) is 0 Å². The third-order valence-electron chi connectivity index (χ3n) is 2.45. The van der Waals surface area contributed by atoms with Gasteiger partial charge in [0, 0.05) is 26.9 Å². The molecule has 0 saturated heterocycles. The van der Waals surface area contributed by atoms with Crippen LogP contribution in [0.15, 0.2) is 34.7 Å². The molecule has 80 valence electrons. The van der Waals surface area contributed by atoms with Crippen LogP contribution in [0.4, 0.5) is 0 Å². The first kappa shape index (κ1) is 10.3. The Hall–Kier alpha value is -0.890. The quantitative estimate of drug-likeness (QED) is 0.523. The first-order chi connectivity index (χ1) is 7.65. The fourth-order valence-corrected chi connectivity index (χ4v) is 2.47. The predicted molar refractivity (Wildman–Crippen MR) is 68.8 cm³/mol. The van der Waals surface area contributed by atoms with Crippen molar-refractivity contribution in [1.82, 2.24) is 0 Å². The molecular formula is C12H5Cl3O. The van der Waals surface area contributed by atoms with Crippen molar-refractivity contribution in [2.45, 2.75) is 0 Å². The Morgan fingerprint density at radius 2 is 1.62 bits per heavy atom. The second-order valence-corrected chi connectivity index (χ2v) is 4.79. The van der Waals surface area contributed by atoms with E-state index in [0.717, 1.165) is 10.8 Å². The number of furan rings is 1. The second kappa shape index (κ2) is 3.56. The molecule has 4 heteroatoms. The Balaban J connectivity index is 2.55. The summed E-state index contributed by atoms with van der Waals surface area (Å²) in [5.74, 6) is 0. The normalized spacial score (nSPS) is 11.4. The molecule has 1 aromatic heterocycles. The molecule has 0 bridgehead atoms. The SMILES string of the molecule is Clc1ccc2c(c1)oc1c(Cl)cc(Cl)cc12. The lowest BCUT2D eigenvalue weighted by molar-refractivity contribution is 0.669. The van der Waals surface area contributed by atoms with Gasteiger partial charge in [-0.05, 0) is 24.3 Å². The molecule has 1 nitrogen and oxygen atoms in total. The summed E-state index contributed by atoms with van der Waals surface area (Å²) in [5, 5.41) is 3.60.